The van der Waals surface area contributed by atoms with Crippen molar-refractivity contribution in [3.63, 3.8) is 0 Å². The Morgan fingerprint density at radius 2 is 2.13 bits per heavy atom. The lowest BCUT2D eigenvalue weighted by atomic mass is 9.92. The van der Waals surface area contributed by atoms with Crippen molar-refractivity contribution in [3.05, 3.63) is 17.5 Å². The third-order valence-corrected chi connectivity index (χ3v) is 2.22. The Kier molecular flexibility index (Phi) is 3.17. The Hall–Kier alpha value is -1.32. The molecule has 0 unspecified atom stereocenters. The molecule has 1 N–H and O–H groups in total. The first-order valence-corrected chi connectivity index (χ1v) is 5.19. The fourth-order valence-corrected chi connectivity index (χ4v) is 1.30. The van der Waals surface area contributed by atoms with Crippen LogP contribution in [0.5, 0.6) is 0 Å². The lowest BCUT2D eigenvalue weighted by Crippen LogP contribution is -2.24. The van der Waals surface area contributed by atoms with Gasteiger partial charge in [-0.15, -0.1) is 0 Å². The highest BCUT2D eigenvalue weighted by molar-refractivity contribution is 5.92. The van der Waals surface area contributed by atoms with Crippen molar-refractivity contribution in [3.8, 4) is 0 Å². The van der Waals surface area contributed by atoms with Gasteiger partial charge in [-0.05, 0) is 13.0 Å². The molecule has 0 fully saturated rings. The average Bonchev–Trinajstić information content (AvgIpc) is 2.47. The molecule has 0 aliphatic carbocycles. The number of carbonyl (C=O) groups excluding carboxylic acids is 1. The van der Waals surface area contributed by atoms with Gasteiger partial charge in [-0.3, -0.25) is 9.48 Å². The topological polar surface area (TPSA) is 46.9 Å². The summed E-state index contributed by atoms with van der Waals surface area (Å²) in [6.07, 6.45) is 0. The first kappa shape index (κ1) is 11.8. The van der Waals surface area contributed by atoms with Crippen LogP contribution in [-0.2, 0) is 12.5 Å². The molecule has 0 aromatic carbocycles. The van der Waals surface area contributed by atoms with E-state index in [0.29, 0.717) is 12.2 Å². The number of aromatic nitrogens is 2. The Bertz CT molecular complexity index is 360. The number of nitrogens with zero attached hydrogens (tertiary/aromatic N) is 2. The molecule has 1 heterocycles. The summed E-state index contributed by atoms with van der Waals surface area (Å²) in [7, 11) is 1.79. The third-order valence-electron chi connectivity index (χ3n) is 2.22. The zero-order valence-electron chi connectivity index (χ0n) is 10.1. The molecule has 1 amide bonds. The molecule has 1 rings (SSSR count). The largest absolute Gasteiger partial charge is 0.351 e. The zero-order valence-corrected chi connectivity index (χ0v) is 10.1. The lowest BCUT2D eigenvalue weighted by Gasteiger charge is -2.13. The van der Waals surface area contributed by atoms with E-state index in [9.17, 15) is 4.79 Å². The quantitative estimate of drug-likeness (QED) is 0.801. The van der Waals surface area contributed by atoms with Crippen LogP contribution >= 0.6 is 0 Å². The molecule has 15 heavy (non-hydrogen) atoms. The number of aryl methyl sites for hydroxylation is 1. The first-order chi connectivity index (χ1) is 6.86. The summed E-state index contributed by atoms with van der Waals surface area (Å²) >= 11 is 0. The van der Waals surface area contributed by atoms with E-state index in [1.807, 2.05) is 13.0 Å². The van der Waals surface area contributed by atoms with Crippen LogP contribution in [0.3, 0.4) is 0 Å². The van der Waals surface area contributed by atoms with E-state index < -0.39 is 0 Å². The molecule has 0 saturated heterocycles. The molecule has 4 nitrogen and oxygen atoms in total. The summed E-state index contributed by atoms with van der Waals surface area (Å²) in [6.45, 7) is 8.78. The van der Waals surface area contributed by atoms with E-state index in [1.54, 1.807) is 11.7 Å². The van der Waals surface area contributed by atoms with Gasteiger partial charge in [0.1, 0.15) is 5.69 Å². The van der Waals surface area contributed by atoms with Gasteiger partial charge in [0.2, 0.25) is 0 Å². The van der Waals surface area contributed by atoms with Crippen LogP contribution in [0.4, 0.5) is 0 Å². The summed E-state index contributed by atoms with van der Waals surface area (Å²) in [4.78, 5) is 11.6. The number of hydrogen-bond donors (Lipinski definition) is 1. The number of nitrogens with one attached hydrogen (secondary N) is 1. The predicted molar refractivity (Wildman–Crippen MR) is 59.9 cm³/mol. The van der Waals surface area contributed by atoms with Gasteiger partial charge in [0.05, 0.1) is 5.69 Å². The van der Waals surface area contributed by atoms with Crippen LogP contribution in [-0.4, -0.2) is 22.2 Å². The molecule has 84 valence electrons. The van der Waals surface area contributed by atoms with E-state index in [0.717, 1.165) is 5.69 Å². The van der Waals surface area contributed by atoms with Gasteiger partial charge >= 0.3 is 0 Å². The fourth-order valence-electron chi connectivity index (χ4n) is 1.30. The smallest absolute Gasteiger partial charge is 0.269 e. The Balaban J connectivity index is 3.02. The molecule has 0 radical (unpaired) electrons. The van der Waals surface area contributed by atoms with Gasteiger partial charge in [-0.1, -0.05) is 20.8 Å². The van der Waals surface area contributed by atoms with Gasteiger partial charge in [0, 0.05) is 19.0 Å². The standard InChI is InChI=1S/C11H19N3O/c1-6-12-10(15)8-7-9(11(2,3)4)13-14(8)5/h7H,6H2,1-5H3,(H,12,15). The number of hydrogen-bond acceptors (Lipinski definition) is 2. The molecule has 1 aromatic rings. The summed E-state index contributed by atoms with van der Waals surface area (Å²) in [5.41, 5.74) is 1.52. The average molecular weight is 209 g/mol. The molecule has 0 atom stereocenters. The summed E-state index contributed by atoms with van der Waals surface area (Å²) in [6, 6.07) is 1.85. The van der Waals surface area contributed by atoms with Crippen LogP contribution < -0.4 is 5.32 Å². The molecular weight excluding hydrogens is 190 g/mol. The maximum Gasteiger partial charge on any atom is 0.269 e. The molecule has 0 bridgehead atoms. The van der Waals surface area contributed by atoms with Gasteiger partial charge in [-0.2, -0.15) is 5.10 Å². The highest BCUT2D eigenvalue weighted by atomic mass is 16.2. The molecule has 0 aliphatic heterocycles. The van der Waals surface area contributed by atoms with Gasteiger partial charge < -0.3 is 5.32 Å². The highest BCUT2D eigenvalue weighted by Gasteiger charge is 2.21. The molecule has 0 saturated carbocycles. The second-order valence-corrected chi connectivity index (χ2v) is 4.65. The van der Waals surface area contributed by atoms with Crippen molar-refractivity contribution in [2.24, 2.45) is 7.05 Å². The number of rotatable bonds is 2. The minimum absolute atomic E-state index is 0.0253. The summed E-state index contributed by atoms with van der Waals surface area (Å²) in [5, 5.41) is 7.11. The zero-order chi connectivity index (χ0) is 11.6. The predicted octanol–water partition coefficient (Wildman–Crippen LogP) is 1.47. The Morgan fingerprint density at radius 1 is 1.53 bits per heavy atom. The van der Waals surface area contributed by atoms with Crippen molar-refractivity contribution >= 4 is 5.91 Å². The summed E-state index contributed by atoms with van der Waals surface area (Å²) < 4.78 is 1.63. The van der Waals surface area contributed by atoms with E-state index in [2.05, 4.69) is 31.2 Å². The third kappa shape index (κ3) is 2.58. The van der Waals surface area contributed by atoms with Crippen LogP contribution in [0.1, 0.15) is 43.9 Å². The van der Waals surface area contributed by atoms with Crippen LogP contribution in [0.15, 0.2) is 6.07 Å². The number of carbonyl (C=O) groups is 1. The first-order valence-electron chi connectivity index (χ1n) is 5.19. The highest BCUT2D eigenvalue weighted by Crippen LogP contribution is 2.21. The molecule has 0 spiro atoms. The monoisotopic (exact) mass is 209 g/mol. The van der Waals surface area contributed by atoms with Crippen molar-refractivity contribution in [1.29, 1.82) is 0 Å². The van der Waals surface area contributed by atoms with Gasteiger partial charge in [-0.25, -0.2) is 0 Å². The molecule has 4 heteroatoms. The van der Waals surface area contributed by atoms with Crippen molar-refractivity contribution < 1.29 is 4.79 Å². The van der Waals surface area contributed by atoms with E-state index in [-0.39, 0.29) is 11.3 Å². The van der Waals surface area contributed by atoms with Crippen molar-refractivity contribution in [2.45, 2.75) is 33.1 Å². The second kappa shape index (κ2) is 4.04. The minimum atomic E-state index is -0.0667. The van der Waals surface area contributed by atoms with Crippen LogP contribution in [0, 0.1) is 0 Å². The van der Waals surface area contributed by atoms with E-state index in [4.69, 9.17) is 0 Å². The van der Waals surface area contributed by atoms with Crippen LogP contribution in [0.2, 0.25) is 0 Å². The Labute approximate surface area is 90.7 Å². The van der Waals surface area contributed by atoms with Gasteiger partial charge in [0.25, 0.3) is 5.91 Å². The normalized spacial score (nSPS) is 11.5. The molecular formula is C11H19N3O. The summed E-state index contributed by atoms with van der Waals surface area (Å²) in [5.74, 6) is -0.0667. The van der Waals surface area contributed by atoms with Crippen LogP contribution in [0.25, 0.3) is 0 Å². The van der Waals surface area contributed by atoms with Crippen molar-refractivity contribution in [1.82, 2.24) is 15.1 Å². The second-order valence-electron chi connectivity index (χ2n) is 4.65. The molecule has 1 aromatic heterocycles. The van der Waals surface area contributed by atoms with Crippen molar-refractivity contribution in [2.75, 3.05) is 6.54 Å². The minimum Gasteiger partial charge on any atom is -0.351 e. The fraction of sp³-hybridized carbons (Fsp3) is 0.636. The van der Waals surface area contributed by atoms with E-state index in [1.165, 1.54) is 0 Å². The maximum absolute atomic E-state index is 11.6. The lowest BCUT2D eigenvalue weighted by molar-refractivity contribution is 0.0946. The number of amides is 1. The maximum atomic E-state index is 11.6. The van der Waals surface area contributed by atoms with Gasteiger partial charge in [0.15, 0.2) is 0 Å². The Morgan fingerprint density at radius 3 is 2.53 bits per heavy atom. The SMILES string of the molecule is CCNC(=O)c1cc(C(C)(C)C)nn1C. The molecule has 0 aliphatic rings. The van der Waals surface area contributed by atoms with E-state index >= 15 is 0 Å².